The summed E-state index contributed by atoms with van der Waals surface area (Å²) in [6, 6.07) is 22.4. The standard InChI is InChI=1S/C40H56N6O6S/c1-8-41-26-40(27-47,28(2)3)45-37(48)30(5)42-25-35(21-32-17-13-10-14-18-32)44-39(50)34-22-33(23-36(24-34)46(6)53(7,51)52)38(49)43-29(4)19-20-31-15-11-9-12-16-31/h9-18,22-24,27-30,35,41-42H,8,19-21,25-26H2,1-7H3,(H,43,49)(H,44,50)(H,45,48)/t29?,30-,35-,40+/m0/s1. The number of hydrogen-bond acceptors (Lipinski definition) is 8. The van der Waals surface area contributed by atoms with Crippen molar-refractivity contribution in [3.63, 3.8) is 0 Å². The second-order valence-corrected chi connectivity index (χ2v) is 16.0. The summed E-state index contributed by atoms with van der Waals surface area (Å²) in [5, 5.41) is 15.3. The lowest BCUT2D eigenvalue weighted by molar-refractivity contribution is -0.129. The van der Waals surface area contributed by atoms with Crippen LogP contribution in [0.1, 0.15) is 72.9 Å². The number of sulfonamides is 1. The number of anilines is 1. The molecule has 3 aromatic carbocycles. The third kappa shape index (κ3) is 13.1. The van der Waals surface area contributed by atoms with E-state index < -0.39 is 39.5 Å². The van der Waals surface area contributed by atoms with Crippen LogP contribution in [0.2, 0.25) is 0 Å². The molecule has 1 unspecified atom stereocenters. The molecule has 0 aliphatic carbocycles. The van der Waals surface area contributed by atoms with E-state index in [0.29, 0.717) is 19.4 Å². The highest BCUT2D eigenvalue weighted by molar-refractivity contribution is 7.92. The number of nitrogens with zero attached hydrogens (tertiary/aromatic N) is 1. The Morgan fingerprint density at radius 2 is 1.42 bits per heavy atom. The Morgan fingerprint density at radius 1 is 0.849 bits per heavy atom. The first-order chi connectivity index (χ1) is 25.1. The maximum Gasteiger partial charge on any atom is 0.251 e. The molecule has 0 aromatic heterocycles. The summed E-state index contributed by atoms with van der Waals surface area (Å²) in [7, 11) is -2.36. The Hall–Kier alpha value is -4.59. The van der Waals surface area contributed by atoms with E-state index in [9.17, 15) is 27.6 Å². The molecular weight excluding hydrogens is 693 g/mol. The molecule has 4 atom stereocenters. The lowest BCUT2D eigenvalue weighted by Gasteiger charge is -2.34. The van der Waals surface area contributed by atoms with Crippen LogP contribution < -0.4 is 30.9 Å². The molecule has 288 valence electrons. The SMILES string of the molecule is CCNC[C@](C=O)(NC(=O)[C@H](C)NC[C@H](Cc1ccccc1)NC(=O)c1cc(C(=O)NC(C)CCc2ccccc2)cc(N(C)S(C)(=O)=O)c1)C(C)C. The average molecular weight is 749 g/mol. The Labute approximate surface area is 314 Å². The first kappa shape index (κ1) is 42.8. The molecular formula is C40H56N6O6S. The summed E-state index contributed by atoms with van der Waals surface area (Å²) in [5.41, 5.74) is 1.39. The van der Waals surface area contributed by atoms with E-state index in [4.69, 9.17) is 0 Å². The summed E-state index contributed by atoms with van der Waals surface area (Å²) < 4.78 is 26.1. The molecule has 5 N–H and O–H groups in total. The molecule has 3 rings (SSSR count). The number of carbonyl (C=O) groups is 4. The van der Waals surface area contributed by atoms with Gasteiger partial charge in [0.1, 0.15) is 11.8 Å². The van der Waals surface area contributed by atoms with Crippen LogP contribution in [0.15, 0.2) is 78.9 Å². The number of benzene rings is 3. The van der Waals surface area contributed by atoms with Crippen molar-refractivity contribution in [1.29, 1.82) is 0 Å². The Kier molecular flexibility index (Phi) is 16.2. The van der Waals surface area contributed by atoms with Gasteiger partial charge in [0.2, 0.25) is 15.9 Å². The van der Waals surface area contributed by atoms with Crippen LogP contribution in [0.3, 0.4) is 0 Å². The predicted octanol–water partition coefficient (Wildman–Crippen LogP) is 3.47. The van der Waals surface area contributed by atoms with Gasteiger partial charge in [-0.25, -0.2) is 8.42 Å². The highest BCUT2D eigenvalue weighted by atomic mass is 32.2. The average Bonchev–Trinajstić information content (AvgIpc) is 3.14. The summed E-state index contributed by atoms with van der Waals surface area (Å²) in [5.74, 6) is -1.49. The zero-order valence-electron chi connectivity index (χ0n) is 31.9. The second kappa shape index (κ2) is 20.0. The van der Waals surface area contributed by atoms with Crippen molar-refractivity contribution in [3.8, 4) is 0 Å². The van der Waals surface area contributed by atoms with E-state index in [0.717, 1.165) is 34.4 Å². The molecule has 0 spiro atoms. The normalized spacial score (nSPS) is 14.3. The van der Waals surface area contributed by atoms with E-state index >= 15 is 0 Å². The van der Waals surface area contributed by atoms with Gasteiger partial charge in [0.15, 0.2) is 0 Å². The van der Waals surface area contributed by atoms with Gasteiger partial charge >= 0.3 is 0 Å². The molecule has 0 heterocycles. The maximum absolute atomic E-state index is 13.9. The quantitative estimate of drug-likeness (QED) is 0.103. The number of nitrogens with one attached hydrogen (secondary N) is 5. The van der Waals surface area contributed by atoms with Gasteiger partial charge in [-0.15, -0.1) is 0 Å². The number of rotatable bonds is 21. The van der Waals surface area contributed by atoms with Crippen molar-refractivity contribution in [2.75, 3.05) is 37.2 Å². The highest BCUT2D eigenvalue weighted by Gasteiger charge is 2.36. The van der Waals surface area contributed by atoms with Gasteiger partial charge in [-0.1, -0.05) is 81.4 Å². The Morgan fingerprint density at radius 3 is 1.94 bits per heavy atom. The summed E-state index contributed by atoms with van der Waals surface area (Å²) >= 11 is 0. The van der Waals surface area contributed by atoms with Crippen LogP contribution in [0.25, 0.3) is 0 Å². The summed E-state index contributed by atoms with van der Waals surface area (Å²) in [4.78, 5) is 53.0. The number of carbonyl (C=O) groups excluding carboxylic acids is 4. The molecule has 3 amide bonds. The smallest absolute Gasteiger partial charge is 0.251 e. The fourth-order valence-electron chi connectivity index (χ4n) is 5.68. The fourth-order valence-corrected chi connectivity index (χ4v) is 6.16. The van der Waals surface area contributed by atoms with Crippen LogP contribution in [-0.2, 0) is 32.5 Å². The van der Waals surface area contributed by atoms with Gasteiger partial charge in [0.25, 0.3) is 11.8 Å². The van der Waals surface area contributed by atoms with Gasteiger partial charge in [0.05, 0.1) is 18.0 Å². The summed E-state index contributed by atoms with van der Waals surface area (Å²) in [6.07, 6.45) is 3.67. The van der Waals surface area contributed by atoms with Gasteiger partial charge in [-0.3, -0.25) is 18.7 Å². The number of hydrogen-bond donors (Lipinski definition) is 5. The van der Waals surface area contributed by atoms with Gasteiger partial charge in [-0.05, 0) is 74.9 Å². The van der Waals surface area contributed by atoms with E-state index in [1.165, 1.54) is 25.2 Å². The minimum absolute atomic E-state index is 0.0973. The lowest BCUT2D eigenvalue weighted by atomic mass is 9.87. The number of likely N-dealkylation sites (N-methyl/N-ethyl adjacent to an activating group) is 1. The molecule has 0 aliphatic heterocycles. The molecule has 0 saturated carbocycles. The molecule has 12 nitrogen and oxygen atoms in total. The Bertz CT molecular complexity index is 1770. The minimum Gasteiger partial charge on any atom is -0.350 e. The number of aldehydes is 1. The van der Waals surface area contributed by atoms with Crippen molar-refractivity contribution in [1.82, 2.24) is 26.6 Å². The molecule has 53 heavy (non-hydrogen) atoms. The molecule has 3 aromatic rings. The zero-order valence-corrected chi connectivity index (χ0v) is 32.8. The van der Waals surface area contributed by atoms with Gasteiger partial charge < -0.3 is 31.4 Å². The first-order valence-corrected chi connectivity index (χ1v) is 19.9. The van der Waals surface area contributed by atoms with Crippen LogP contribution in [0.4, 0.5) is 5.69 Å². The van der Waals surface area contributed by atoms with Crippen molar-refractivity contribution in [3.05, 3.63) is 101 Å². The fraction of sp³-hybridized carbons (Fsp3) is 0.450. The third-order valence-corrected chi connectivity index (χ3v) is 10.6. The van der Waals surface area contributed by atoms with Crippen LogP contribution in [-0.4, -0.2) is 89.0 Å². The number of aryl methyl sites for hydroxylation is 1. The summed E-state index contributed by atoms with van der Waals surface area (Å²) in [6.45, 7) is 10.4. The van der Waals surface area contributed by atoms with E-state index in [-0.39, 0.29) is 47.8 Å². The second-order valence-electron chi connectivity index (χ2n) is 14.0. The van der Waals surface area contributed by atoms with E-state index in [1.807, 2.05) is 88.4 Å². The number of amides is 3. The molecule has 0 saturated heterocycles. The first-order valence-electron chi connectivity index (χ1n) is 18.1. The van der Waals surface area contributed by atoms with Crippen molar-refractivity contribution >= 4 is 39.7 Å². The molecule has 0 aliphatic rings. The van der Waals surface area contributed by atoms with Crippen molar-refractivity contribution in [2.24, 2.45) is 5.92 Å². The lowest BCUT2D eigenvalue weighted by Crippen LogP contribution is -2.62. The van der Waals surface area contributed by atoms with Crippen molar-refractivity contribution in [2.45, 2.75) is 77.5 Å². The topological polar surface area (TPSA) is 166 Å². The Balaban J connectivity index is 1.84. The molecule has 0 radical (unpaired) electrons. The molecule has 0 bridgehead atoms. The third-order valence-electron chi connectivity index (χ3n) is 9.38. The van der Waals surface area contributed by atoms with Gasteiger partial charge in [-0.2, -0.15) is 0 Å². The highest BCUT2D eigenvalue weighted by Crippen LogP contribution is 2.22. The minimum atomic E-state index is -3.72. The monoisotopic (exact) mass is 748 g/mol. The van der Waals surface area contributed by atoms with E-state index in [1.54, 1.807) is 6.92 Å². The van der Waals surface area contributed by atoms with Crippen LogP contribution in [0, 0.1) is 5.92 Å². The van der Waals surface area contributed by atoms with E-state index in [2.05, 4.69) is 26.6 Å². The van der Waals surface area contributed by atoms with Gasteiger partial charge in [0, 0.05) is 43.3 Å². The van der Waals surface area contributed by atoms with Crippen LogP contribution >= 0.6 is 0 Å². The molecule has 0 fully saturated rings. The van der Waals surface area contributed by atoms with Crippen molar-refractivity contribution < 1.29 is 27.6 Å². The zero-order chi connectivity index (χ0) is 39.2. The van der Waals surface area contributed by atoms with Crippen LogP contribution in [0.5, 0.6) is 0 Å². The maximum atomic E-state index is 13.9. The largest absolute Gasteiger partial charge is 0.350 e. The predicted molar refractivity (Wildman–Crippen MR) is 211 cm³/mol. The molecule has 13 heteroatoms.